The van der Waals surface area contributed by atoms with Gasteiger partial charge in [-0.15, -0.1) is 0 Å². The molecule has 110 valence electrons. The number of ether oxygens (including phenoxy) is 1. The van der Waals surface area contributed by atoms with E-state index in [1.807, 2.05) is 0 Å². The number of hydrogen-bond donors (Lipinski definition) is 1. The molecule has 0 saturated carbocycles. The van der Waals surface area contributed by atoms with Gasteiger partial charge in [-0.25, -0.2) is 4.98 Å². The first-order valence-electron chi connectivity index (χ1n) is 6.86. The molecule has 0 spiro atoms. The minimum Gasteiger partial charge on any atom is -0.494 e. The van der Waals surface area contributed by atoms with Gasteiger partial charge in [-0.3, -0.25) is 14.2 Å². The summed E-state index contributed by atoms with van der Waals surface area (Å²) in [5.74, 6) is -0.113. The van der Waals surface area contributed by atoms with Crippen LogP contribution < -0.4 is 11.1 Å². The summed E-state index contributed by atoms with van der Waals surface area (Å²) in [5, 5.41) is 13.2. The molecule has 0 atom stereocenters. The van der Waals surface area contributed by atoms with Crippen molar-refractivity contribution in [3.63, 3.8) is 0 Å². The first-order valence-corrected chi connectivity index (χ1v) is 6.86. The predicted octanol–water partition coefficient (Wildman–Crippen LogP) is 1.29. The molecule has 2 aromatic carbocycles. The van der Waals surface area contributed by atoms with Crippen molar-refractivity contribution in [2.24, 2.45) is 0 Å². The molecule has 0 radical (unpaired) electrons. The van der Waals surface area contributed by atoms with Crippen molar-refractivity contribution in [1.82, 2.24) is 9.55 Å². The summed E-state index contributed by atoms with van der Waals surface area (Å²) in [6.45, 7) is 0.577. The molecule has 0 aliphatic carbocycles. The molecule has 0 unspecified atom stereocenters. The Bertz CT molecular complexity index is 1120. The second-order valence-corrected chi connectivity index (χ2v) is 5.23. The van der Waals surface area contributed by atoms with E-state index >= 15 is 0 Å². The second kappa shape index (κ2) is 4.38. The Morgan fingerprint density at radius 3 is 2.59 bits per heavy atom. The molecule has 22 heavy (non-hydrogen) atoms. The number of hydrogen-bond acceptors (Lipinski definition) is 5. The lowest BCUT2D eigenvalue weighted by Gasteiger charge is -2.13. The highest BCUT2D eigenvalue weighted by atomic mass is 16.5. The van der Waals surface area contributed by atoms with Gasteiger partial charge in [-0.1, -0.05) is 0 Å². The fraction of sp³-hybridized carbons (Fsp3) is 0.188. The van der Waals surface area contributed by atoms with Gasteiger partial charge in [-0.2, -0.15) is 0 Å². The van der Waals surface area contributed by atoms with Crippen LogP contribution in [0.15, 0.2) is 33.9 Å². The van der Waals surface area contributed by atoms with Crippen molar-refractivity contribution in [2.45, 2.75) is 6.54 Å². The minimum atomic E-state index is -0.313. The van der Waals surface area contributed by atoms with E-state index in [-0.39, 0.29) is 23.5 Å². The summed E-state index contributed by atoms with van der Waals surface area (Å²) >= 11 is 0. The topological polar surface area (TPSA) is 81.4 Å². The van der Waals surface area contributed by atoms with Crippen LogP contribution in [0.4, 0.5) is 0 Å². The first-order chi connectivity index (χ1) is 10.6. The fourth-order valence-electron chi connectivity index (χ4n) is 3.06. The minimum absolute atomic E-state index is 0.113. The molecular weight excluding hydrogens is 284 g/mol. The Morgan fingerprint density at radius 2 is 1.82 bits per heavy atom. The molecule has 6 heteroatoms. The van der Waals surface area contributed by atoms with Crippen molar-refractivity contribution in [1.29, 1.82) is 0 Å². The van der Waals surface area contributed by atoms with Crippen LogP contribution in [0.25, 0.3) is 32.4 Å². The van der Waals surface area contributed by atoms with Crippen LogP contribution in [0.1, 0.15) is 0 Å². The van der Waals surface area contributed by atoms with E-state index in [2.05, 4.69) is 4.98 Å². The van der Waals surface area contributed by atoms with Gasteiger partial charge in [0.15, 0.2) is 0 Å². The molecule has 4 rings (SSSR count). The van der Waals surface area contributed by atoms with E-state index < -0.39 is 0 Å². The van der Waals surface area contributed by atoms with Crippen molar-refractivity contribution >= 4 is 32.4 Å². The van der Waals surface area contributed by atoms with Gasteiger partial charge in [0, 0.05) is 28.7 Å². The zero-order valence-corrected chi connectivity index (χ0v) is 11.8. The summed E-state index contributed by atoms with van der Waals surface area (Å²) in [4.78, 5) is 28.5. The van der Waals surface area contributed by atoms with E-state index in [0.717, 1.165) is 0 Å². The van der Waals surface area contributed by atoms with Crippen LogP contribution >= 0.6 is 0 Å². The summed E-state index contributed by atoms with van der Waals surface area (Å²) in [7, 11) is 1.54. The maximum absolute atomic E-state index is 12.6. The van der Waals surface area contributed by atoms with Crippen LogP contribution in [0.5, 0.6) is 5.88 Å². The van der Waals surface area contributed by atoms with Gasteiger partial charge in [0.1, 0.15) is 0 Å². The number of aromatic hydroxyl groups is 1. The maximum Gasteiger partial charge on any atom is 0.278 e. The number of methoxy groups -OCH3 is 1. The number of pyridine rings is 1. The largest absolute Gasteiger partial charge is 0.494 e. The molecule has 2 heterocycles. The standard InChI is InChI=1S/C16H12N2O4/c1-22-7-6-18-15(20)9-3-2-8-13-11(17-14(8)19)5-4-10(12(9)13)16(18)21/h2-5,21H,6-7H2,1H3. The molecule has 0 fully saturated rings. The van der Waals surface area contributed by atoms with Crippen LogP contribution in [0.3, 0.4) is 0 Å². The zero-order valence-electron chi connectivity index (χ0n) is 11.8. The molecule has 2 aromatic heterocycles. The molecule has 1 N–H and O–H groups in total. The average molecular weight is 296 g/mol. The lowest BCUT2D eigenvalue weighted by atomic mass is 10.00. The van der Waals surface area contributed by atoms with Crippen molar-refractivity contribution < 1.29 is 9.84 Å². The third kappa shape index (κ3) is 1.50. The molecule has 0 aliphatic heterocycles. The quantitative estimate of drug-likeness (QED) is 0.616. The summed E-state index contributed by atoms with van der Waals surface area (Å²) in [6.07, 6.45) is 0. The van der Waals surface area contributed by atoms with Gasteiger partial charge in [-0.05, 0) is 24.3 Å². The Hall–Kier alpha value is -2.73. The smallest absolute Gasteiger partial charge is 0.278 e. The third-order valence-electron chi connectivity index (χ3n) is 4.08. The van der Waals surface area contributed by atoms with Crippen LogP contribution in [-0.4, -0.2) is 28.4 Å². The zero-order chi connectivity index (χ0) is 15.4. The van der Waals surface area contributed by atoms with E-state index in [9.17, 15) is 14.7 Å². The monoisotopic (exact) mass is 296 g/mol. The molecular formula is C16H12N2O4. The van der Waals surface area contributed by atoms with Gasteiger partial charge in [0.05, 0.1) is 24.1 Å². The molecule has 6 nitrogen and oxygen atoms in total. The van der Waals surface area contributed by atoms with E-state index in [4.69, 9.17) is 4.74 Å². The number of nitrogens with zero attached hydrogens (tertiary/aromatic N) is 2. The number of rotatable bonds is 3. The summed E-state index contributed by atoms with van der Waals surface area (Å²) in [6, 6.07) is 6.63. The lowest BCUT2D eigenvalue weighted by Crippen LogP contribution is -2.22. The van der Waals surface area contributed by atoms with Gasteiger partial charge < -0.3 is 9.84 Å². The van der Waals surface area contributed by atoms with E-state index in [1.54, 1.807) is 24.3 Å². The van der Waals surface area contributed by atoms with Crippen LogP contribution in [0.2, 0.25) is 0 Å². The highest BCUT2D eigenvalue weighted by molar-refractivity contribution is 6.23. The predicted molar refractivity (Wildman–Crippen MR) is 83.2 cm³/mol. The third-order valence-corrected chi connectivity index (χ3v) is 4.08. The average Bonchev–Trinajstić information content (AvgIpc) is 2.85. The van der Waals surface area contributed by atoms with Crippen LogP contribution in [-0.2, 0) is 11.3 Å². The highest BCUT2D eigenvalue weighted by Crippen LogP contribution is 2.35. The molecule has 0 aliphatic rings. The van der Waals surface area contributed by atoms with Gasteiger partial charge >= 0.3 is 0 Å². The van der Waals surface area contributed by atoms with Crippen molar-refractivity contribution in [3.8, 4) is 5.88 Å². The Balaban J connectivity index is 2.24. The molecule has 0 saturated heterocycles. The fourth-order valence-corrected chi connectivity index (χ4v) is 3.06. The first kappa shape index (κ1) is 13.0. The summed E-state index contributed by atoms with van der Waals surface area (Å²) < 4.78 is 6.28. The number of benzene rings is 2. The van der Waals surface area contributed by atoms with Gasteiger partial charge in [0.2, 0.25) is 5.88 Å². The summed E-state index contributed by atoms with van der Waals surface area (Å²) in [5.41, 5.74) is -0.0657. The van der Waals surface area contributed by atoms with Crippen molar-refractivity contribution in [2.75, 3.05) is 13.7 Å². The van der Waals surface area contributed by atoms with E-state index in [0.29, 0.717) is 39.1 Å². The Kier molecular flexibility index (Phi) is 2.58. The molecule has 0 amide bonds. The van der Waals surface area contributed by atoms with Gasteiger partial charge in [0.25, 0.3) is 11.1 Å². The van der Waals surface area contributed by atoms with Crippen LogP contribution in [0, 0.1) is 0 Å². The lowest BCUT2D eigenvalue weighted by molar-refractivity contribution is 0.183. The Labute approximate surface area is 123 Å². The van der Waals surface area contributed by atoms with E-state index in [1.165, 1.54) is 11.7 Å². The molecule has 4 aromatic rings. The SMILES string of the molecule is COCCn1c(O)c2ccc3nc(=O)c4ccc(c1=O)c2c34. The van der Waals surface area contributed by atoms with Crippen molar-refractivity contribution in [3.05, 3.63) is 45.0 Å². The number of aromatic nitrogens is 2. The second-order valence-electron chi connectivity index (χ2n) is 5.23. The highest BCUT2D eigenvalue weighted by Gasteiger charge is 2.19. The Morgan fingerprint density at radius 1 is 1.09 bits per heavy atom. The molecule has 0 bridgehead atoms. The maximum atomic E-state index is 12.6. The normalized spacial score (nSPS) is 12.0.